The number of aliphatic hydroxyl groups is 1. The first-order chi connectivity index (χ1) is 7.74. The molecular formula is C13H18F2O2. The van der Waals surface area contributed by atoms with Gasteiger partial charge in [0.05, 0.1) is 19.3 Å². The van der Waals surface area contributed by atoms with Gasteiger partial charge in [0, 0.05) is 17.9 Å². The maximum absolute atomic E-state index is 13.4. The maximum atomic E-state index is 13.4. The van der Waals surface area contributed by atoms with Gasteiger partial charge in [0.2, 0.25) is 0 Å². The second-order valence-electron chi connectivity index (χ2n) is 4.82. The van der Waals surface area contributed by atoms with Crippen molar-refractivity contribution in [3.05, 3.63) is 29.3 Å². The molecule has 1 aromatic carbocycles. The number of para-hydroxylation sites is 1. The van der Waals surface area contributed by atoms with Crippen LogP contribution in [0.15, 0.2) is 18.2 Å². The minimum atomic E-state index is -2.97. The second-order valence-corrected chi connectivity index (χ2v) is 4.82. The Hall–Kier alpha value is -1.16. The molecule has 0 atom stereocenters. The molecule has 0 fully saturated rings. The fraction of sp³-hybridized carbons (Fsp3) is 0.538. The van der Waals surface area contributed by atoms with Crippen molar-refractivity contribution in [3.63, 3.8) is 0 Å². The normalized spacial score (nSPS) is 12.6. The zero-order valence-electron chi connectivity index (χ0n) is 10.6. The Kier molecular flexibility index (Phi) is 3.77. The summed E-state index contributed by atoms with van der Waals surface area (Å²) >= 11 is 0. The molecule has 0 unspecified atom stereocenters. The van der Waals surface area contributed by atoms with Crippen molar-refractivity contribution >= 4 is 0 Å². The Morgan fingerprint density at radius 2 is 1.71 bits per heavy atom. The van der Waals surface area contributed by atoms with Crippen LogP contribution in [-0.2, 0) is 11.3 Å². The number of hydrogen-bond acceptors (Lipinski definition) is 2. The number of rotatable bonds is 4. The van der Waals surface area contributed by atoms with Crippen molar-refractivity contribution in [2.45, 2.75) is 32.1 Å². The van der Waals surface area contributed by atoms with Gasteiger partial charge in [-0.25, -0.2) is 8.78 Å². The Morgan fingerprint density at radius 3 is 2.12 bits per heavy atom. The van der Waals surface area contributed by atoms with Gasteiger partial charge in [-0.3, -0.25) is 0 Å². The second kappa shape index (κ2) is 4.61. The van der Waals surface area contributed by atoms with Crippen LogP contribution in [0.25, 0.3) is 0 Å². The largest absolute Gasteiger partial charge is 0.496 e. The third kappa shape index (κ3) is 2.75. The van der Waals surface area contributed by atoms with Gasteiger partial charge >= 0.3 is 0 Å². The van der Waals surface area contributed by atoms with Crippen LogP contribution in [0.4, 0.5) is 8.78 Å². The van der Waals surface area contributed by atoms with Crippen molar-refractivity contribution in [3.8, 4) is 5.75 Å². The molecule has 0 aliphatic heterocycles. The molecule has 0 bridgehead atoms. The number of alkyl halides is 2. The third-order valence-electron chi connectivity index (χ3n) is 2.82. The first-order valence-electron chi connectivity index (χ1n) is 5.40. The summed E-state index contributed by atoms with van der Waals surface area (Å²) in [5, 5.41) is 9.32. The summed E-state index contributed by atoms with van der Waals surface area (Å²) in [6.45, 7) is 4.26. The molecule has 17 heavy (non-hydrogen) atoms. The van der Waals surface area contributed by atoms with Crippen LogP contribution in [0.1, 0.15) is 31.9 Å². The van der Waals surface area contributed by atoms with E-state index in [2.05, 4.69) is 0 Å². The molecule has 0 saturated carbocycles. The molecule has 0 aliphatic carbocycles. The van der Waals surface area contributed by atoms with Gasteiger partial charge in [0.15, 0.2) is 0 Å². The van der Waals surface area contributed by atoms with Crippen LogP contribution in [-0.4, -0.2) is 18.8 Å². The SMILES string of the molecule is COc1c(C(C)(F)F)cccc1C(C)(C)CO. The van der Waals surface area contributed by atoms with Crippen molar-refractivity contribution in [2.24, 2.45) is 0 Å². The Morgan fingerprint density at radius 1 is 1.18 bits per heavy atom. The van der Waals surface area contributed by atoms with Crippen molar-refractivity contribution < 1.29 is 18.6 Å². The molecule has 96 valence electrons. The zero-order chi connectivity index (χ0) is 13.3. The third-order valence-corrected chi connectivity index (χ3v) is 2.82. The zero-order valence-corrected chi connectivity index (χ0v) is 10.6. The van der Waals surface area contributed by atoms with Gasteiger partial charge in [-0.05, 0) is 6.07 Å². The molecule has 1 rings (SSSR count). The van der Waals surface area contributed by atoms with E-state index < -0.39 is 11.3 Å². The minimum Gasteiger partial charge on any atom is -0.496 e. The van der Waals surface area contributed by atoms with Crippen molar-refractivity contribution in [1.82, 2.24) is 0 Å². The minimum absolute atomic E-state index is 0.137. The first kappa shape index (κ1) is 13.9. The molecule has 0 spiro atoms. The summed E-state index contributed by atoms with van der Waals surface area (Å²) in [6.07, 6.45) is 0. The lowest BCUT2D eigenvalue weighted by molar-refractivity contribution is 0.0147. The highest BCUT2D eigenvalue weighted by atomic mass is 19.3. The smallest absolute Gasteiger partial charge is 0.274 e. The average molecular weight is 244 g/mol. The van der Waals surface area contributed by atoms with E-state index >= 15 is 0 Å². The lowest BCUT2D eigenvalue weighted by Crippen LogP contribution is -2.24. The topological polar surface area (TPSA) is 29.5 Å². The first-order valence-corrected chi connectivity index (χ1v) is 5.40. The highest BCUT2D eigenvalue weighted by molar-refractivity contribution is 5.47. The molecule has 4 heteroatoms. The van der Waals surface area contributed by atoms with E-state index in [-0.39, 0.29) is 17.9 Å². The predicted octanol–water partition coefficient (Wildman–Crippen LogP) is 3.08. The van der Waals surface area contributed by atoms with E-state index in [0.717, 1.165) is 6.92 Å². The molecule has 1 N–H and O–H groups in total. The predicted molar refractivity (Wildman–Crippen MR) is 62.7 cm³/mol. The van der Waals surface area contributed by atoms with E-state index in [9.17, 15) is 13.9 Å². The number of methoxy groups -OCH3 is 1. The summed E-state index contributed by atoms with van der Waals surface area (Å²) in [4.78, 5) is 0. The summed E-state index contributed by atoms with van der Waals surface area (Å²) in [5.41, 5.74) is -0.187. The molecule has 2 nitrogen and oxygen atoms in total. The molecular weight excluding hydrogens is 226 g/mol. The highest BCUT2D eigenvalue weighted by Gasteiger charge is 2.33. The van der Waals surface area contributed by atoms with Crippen molar-refractivity contribution in [1.29, 1.82) is 0 Å². The van der Waals surface area contributed by atoms with E-state index in [1.54, 1.807) is 26.0 Å². The molecule has 0 aliphatic rings. The molecule has 0 amide bonds. The molecule has 0 aromatic heterocycles. The summed E-state index contributed by atoms with van der Waals surface area (Å²) < 4.78 is 32.0. The number of benzene rings is 1. The lowest BCUT2D eigenvalue weighted by atomic mass is 9.83. The van der Waals surface area contributed by atoms with Gasteiger partial charge < -0.3 is 9.84 Å². The number of hydrogen-bond donors (Lipinski definition) is 1. The summed E-state index contributed by atoms with van der Waals surface area (Å²) in [5.74, 6) is -2.81. The van der Waals surface area contributed by atoms with Gasteiger partial charge in [0.1, 0.15) is 5.75 Å². The van der Waals surface area contributed by atoms with E-state index in [4.69, 9.17) is 4.74 Å². The van der Waals surface area contributed by atoms with Crippen LogP contribution in [0, 0.1) is 0 Å². The van der Waals surface area contributed by atoms with Gasteiger partial charge in [-0.2, -0.15) is 0 Å². The Balaban J connectivity index is 3.44. The Bertz CT molecular complexity index is 395. The number of ether oxygens (including phenoxy) is 1. The van der Waals surface area contributed by atoms with Gasteiger partial charge in [0.25, 0.3) is 5.92 Å². The van der Waals surface area contributed by atoms with Crippen molar-refractivity contribution in [2.75, 3.05) is 13.7 Å². The number of halogens is 2. The van der Waals surface area contributed by atoms with Gasteiger partial charge in [-0.1, -0.05) is 26.0 Å². The van der Waals surface area contributed by atoms with Crippen LogP contribution in [0.2, 0.25) is 0 Å². The monoisotopic (exact) mass is 244 g/mol. The van der Waals surface area contributed by atoms with E-state index in [1.807, 2.05) is 0 Å². The van der Waals surface area contributed by atoms with Crippen LogP contribution in [0.3, 0.4) is 0 Å². The van der Waals surface area contributed by atoms with Crippen LogP contribution in [0.5, 0.6) is 5.75 Å². The van der Waals surface area contributed by atoms with Crippen LogP contribution < -0.4 is 4.74 Å². The average Bonchev–Trinajstić information content (AvgIpc) is 2.26. The summed E-state index contributed by atoms with van der Waals surface area (Å²) in [6, 6.07) is 4.60. The highest BCUT2D eigenvalue weighted by Crippen LogP contribution is 2.40. The van der Waals surface area contributed by atoms with E-state index in [0.29, 0.717) is 5.56 Å². The molecule has 0 radical (unpaired) electrons. The molecule has 1 aromatic rings. The molecule has 0 heterocycles. The maximum Gasteiger partial charge on any atom is 0.274 e. The van der Waals surface area contributed by atoms with Gasteiger partial charge in [-0.15, -0.1) is 0 Å². The summed E-state index contributed by atoms with van der Waals surface area (Å²) in [7, 11) is 1.36. The standard InChI is InChI=1S/C13H18F2O2/c1-12(2,8-16)9-6-5-7-10(11(9)17-4)13(3,14)15/h5-7,16H,8H2,1-4H3. The van der Waals surface area contributed by atoms with E-state index in [1.165, 1.54) is 13.2 Å². The Labute approximate surface area is 100 Å². The number of aliphatic hydroxyl groups excluding tert-OH is 1. The lowest BCUT2D eigenvalue weighted by Gasteiger charge is -2.27. The van der Waals surface area contributed by atoms with Crippen LogP contribution >= 0.6 is 0 Å². The molecule has 0 saturated heterocycles. The quantitative estimate of drug-likeness (QED) is 0.882. The fourth-order valence-electron chi connectivity index (χ4n) is 1.72. The fourth-order valence-corrected chi connectivity index (χ4v) is 1.72.